The maximum atomic E-state index is 4.17. The van der Waals surface area contributed by atoms with Crippen LogP contribution < -0.4 is 5.32 Å². The summed E-state index contributed by atoms with van der Waals surface area (Å²) in [6.07, 6.45) is 9.02. The first-order valence-electron chi connectivity index (χ1n) is 6.67. The molecule has 17 heavy (non-hydrogen) atoms. The van der Waals surface area contributed by atoms with Crippen molar-refractivity contribution in [3.63, 3.8) is 0 Å². The summed E-state index contributed by atoms with van der Waals surface area (Å²) in [6, 6.07) is 4.92. The van der Waals surface area contributed by atoms with Gasteiger partial charge in [-0.1, -0.05) is 12.5 Å². The Hall–Kier alpha value is -0.930. The van der Waals surface area contributed by atoms with Gasteiger partial charge in [-0.15, -0.1) is 0 Å². The van der Waals surface area contributed by atoms with Gasteiger partial charge in [0.05, 0.1) is 0 Å². The van der Waals surface area contributed by atoms with Gasteiger partial charge < -0.3 is 5.32 Å². The van der Waals surface area contributed by atoms with E-state index in [-0.39, 0.29) is 0 Å². The minimum atomic E-state index is 0.727. The number of nitrogens with one attached hydrogen (secondary N) is 1. The van der Waals surface area contributed by atoms with Gasteiger partial charge in [0.25, 0.3) is 0 Å². The molecule has 0 aromatic carbocycles. The van der Waals surface area contributed by atoms with E-state index in [0.717, 1.165) is 25.6 Å². The summed E-state index contributed by atoms with van der Waals surface area (Å²) in [7, 11) is 2.05. The lowest BCUT2D eigenvalue weighted by atomic mass is 10.0. The SMILES string of the molecule is CNCC1CCCCN1CCc1cccnc1. The molecular formula is C14H23N3. The van der Waals surface area contributed by atoms with Crippen molar-refractivity contribution in [2.45, 2.75) is 31.7 Å². The number of rotatable bonds is 5. The fourth-order valence-electron chi connectivity index (χ4n) is 2.64. The monoisotopic (exact) mass is 233 g/mol. The molecule has 94 valence electrons. The summed E-state index contributed by atoms with van der Waals surface area (Å²) in [5.41, 5.74) is 1.35. The lowest BCUT2D eigenvalue weighted by Crippen LogP contribution is -2.45. The van der Waals surface area contributed by atoms with Crippen LogP contribution in [0.1, 0.15) is 24.8 Å². The number of aromatic nitrogens is 1. The van der Waals surface area contributed by atoms with Crippen molar-refractivity contribution in [1.29, 1.82) is 0 Å². The van der Waals surface area contributed by atoms with Crippen LogP contribution in [0.2, 0.25) is 0 Å². The highest BCUT2D eigenvalue weighted by Gasteiger charge is 2.20. The fourth-order valence-corrected chi connectivity index (χ4v) is 2.64. The molecular weight excluding hydrogens is 210 g/mol. The first-order valence-corrected chi connectivity index (χ1v) is 6.67. The van der Waals surface area contributed by atoms with Crippen molar-refractivity contribution in [2.75, 3.05) is 26.7 Å². The Bertz CT molecular complexity index is 311. The normalized spacial score (nSPS) is 21.6. The van der Waals surface area contributed by atoms with Gasteiger partial charge in [-0.25, -0.2) is 0 Å². The van der Waals surface area contributed by atoms with Crippen molar-refractivity contribution >= 4 is 0 Å². The molecule has 0 spiro atoms. The quantitative estimate of drug-likeness (QED) is 0.839. The first-order chi connectivity index (χ1) is 8.40. The molecule has 1 N–H and O–H groups in total. The number of likely N-dealkylation sites (N-methyl/N-ethyl adjacent to an activating group) is 1. The van der Waals surface area contributed by atoms with E-state index in [1.54, 1.807) is 0 Å². The molecule has 0 bridgehead atoms. The third-order valence-corrected chi connectivity index (χ3v) is 3.60. The number of hydrogen-bond donors (Lipinski definition) is 1. The van der Waals surface area contributed by atoms with Crippen molar-refractivity contribution < 1.29 is 0 Å². The second kappa shape index (κ2) is 6.72. The number of hydrogen-bond acceptors (Lipinski definition) is 3. The average molecular weight is 233 g/mol. The van der Waals surface area contributed by atoms with Crippen molar-refractivity contribution in [3.05, 3.63) is 30.1 Å². The molecule has 0 aliphatic carbocycles. The van der Waals surface area contributed by atoms with Crippen LogP contribution in [0.25, 0.3) is 0 Å². The van der Waals surface area contributed by atoms with Crippen LogP contribution in [0, 0.1) is 0 Å². The molecule has 0 radical (unpaired) electrons. The highest BCUT2D eigenvalue weighted by molar-refractivity contribution is 5.08. The molecule has 0 saturated carbocycles. The Labute approximate surface area is 104 Å². The third-order valence-electron chi connectivity index (χ3n) is 3.60. The van der Waals surface area contributed by atoms with E-state index in [2.05, 4.69) is 21.3 Å². The lowest BCUT2D eigenvalue weighted by Gasteiger charge is -2.35. The molecule has 3 nitrogen and oxygen atoms in total. The molecule has 1 aromatic rings. The van der Waals surface area contributed by atoms with Crippen LogP contribution in [0.4, 0.5) is 0 Å². The number of pyridine rings is 1. The topological polar surface area (TPSA) is 28.2 Å². The average Bonchev–Trinajstić information content (AvgIpc) is 2.39. The smallest absolute Gasteiger partial charge is 0.0300 e. The van der Waals surface area contributed by atoms with Gasteiger partial charge in [0, 0.05) is 31.5 Å². The Balaban J connectivity index is 1.84. The molecule has 0 amide bonds. The maximum absolute atomic E-state index is 4.17. The van der Waals surface area contributed by atoms with Gasteiger partial charge in [-0.05, 0) is 44.5 Å². The molecule has 1 fully saturated rings. The highest BCUT2D eigenvalue weighted by Crippen LogP contribution is 2.16. The maximum Gasteiger partial charge on any atom is 0.0300 e. The standard InChI is InChI=1S/C14H23N3/c1-15-12-14-6-2-3-9-17(14)10-7-13-5-4-8-16-11-13/h4-5,8,11,14-15H,2-3,6-7,9-10,12H2,1H3. The summed E-state index contributed by atoms with van der Waals surface area (Å²) in [5.74, 6) is 0. The van der Waals surface area contributed by atoms with Gasteiger partial charge >= 0.3 is 0 Å². The van der Waals surface area contributed by atoms with Gasteiger partial charge in [0.1, 0.15) is 0 Å². The fraction of sp³-hybridized carbons (Fsp3) is 0.643. The van der Waals surface area contributed by atoms with Crippen LogP contribution in [0.3, 0.4) is 0 Å². The van der Waals surface area contributed by atoms with Crippen molar-refractivity contribution in [1.82, 2.24) is 15.2 Å². The van der Waals surface area contributed by atoms with Crippen LogP contribution in [0.5, 0.6) is 0 Å². The highest BCUT2D eigenvalue weighted by atomic mass is 15.2. The zero-order valence-corrected chi connectivity index (χ0v) is 10.7. The molecule has 1 aromatic heterocycles. The Morgan fingerprint density at radius 3 is 3.18 bits per heavy atom. The van der Waals surface area contributed by atoms with E-state index in [0.29, 0.717) is 0 Å². The van der Waals surface area contributed by atoms with Gasteiger partial charge in [0.15, 0.2) is 0 Å². The second-order valence-electron chi connectivity index (χ2n) is 4.85. The Morgan fingerprint density at radius 1 is 1.47 bits per heavy atom. The van der Waals surface area contributed by atoms with E-state index in [9.17, 15) is 0 Å². The van der Waals surface area contributed by atoms with Gasteiger partial charge in [-0.3, -0.25) is 9.88 Å². The van der Waals surface area contributed by atoms with Crippen LogP contribution in [-0.2, 0) is 6.42 Å². The molecule has 1 unspecified atom stereocenters. The van der Waals surface area contributed by atoms with Crippen LogP contribution >= 0.6 is 0 Å². The largest absolute Gasteiger partial charge is 0.318 e. The molecule has 1 saturated heterocycles. The number of piperidine rings is 1. The van der Waals surface area contributed by atoms with E-state index < -0.39 is 0 Å². The van der Waals surface area contributed by atoms with E-state index in [1.165, 1.54) is 31.4 Å². The predicted octanol–water partition coefficient (Wildman–Crippen LogP) is 1.70. The summed E-state index contributed by atoms with van der Waals surface area (Å²) >= 11 is 0. The summed E-state index contributed by atoms with van der Waals surface area (Å²) in [5, 5.41) is 3.31. The molecule has 2 heterocycles. The van der Waals surface area contributed by atoms with Crippen molar-refractivity contribution in [2.24, 2.45) is 0 Å². The molecule has 2 rings (SSSR count). The van der Waals surface area contributed by atoms with Crippen molar-refractivity contribution in [3.8, 4) is 0 Å². The number of nitrogens with zero attached hydrogens (tertiary/aromatic N) is 2. The third kappa shape index (κ3) is 3.79. The minimum absolute atomic E-state index is 0.727. The second-order valence-corrected chi connectivity index (χ2v) is 4.85. The summed E-state index contributed by atoms with van der Waals surface area (Å²) < 4.78 is 0. The number of likely N-dealkylation sites (tertiary alicyclic amines) is 1. The molecule has 1 aliphatic heterocycles. The molecule has 1 aliphatic rings. The van der Waals surface area contributed by atoms with Gasteiger partial charge in [-0.2, -0.15) is 0 Å². The molecule has 1 atom stereocenters. The first kappa shape index (κ1) is 12.5. The Morgan fingerprint density at radius 2 is 2.41 bits per heavy atom. The Kier molecular flexibility index (Phi) is 4.95. The van der Waals surface area contributed by atoms with Crippen LogP contribution in [-0.4, -0.2) is 42.6 Å². The molecule has 3 heteroatoms. The van der Waals surface area contributed by atoms with E-state index in [4.69, 9.17) is 0 Å². The van der Waals surface area contributed by atoms with Crippen LogP contribution in [0.15, 0.2) is 24.5 Å². The minimum Gasteiger partial charge on any atom is -0.318 e. The zero-order chi connectivity index (χ0) is 11.9. The predicted molar refractivity (Wildman–Crippen MR) is 71.1 cm³/mol. The van der Waals surface area contributed by atoms with E-state index in [1.807, 2.05) is 25.5 Å². The zero-order valence-electron chi connectivity index (χ0n) is 10.7. The van der Waals surface area contributed by atoms with E-state index >= 15 is 0 Å². The summed E-state index contributed by atoms with van der Waals surface area (Å²) in [6.45, 7) is 3.54. The lowest BCUT2D eigenvalue weighted by molar-refractivity contribution is 0.149. The van der Waals surface area contributed by atoms with Gasteiger partial charge in [0.2, 0.25) is 0 Å². The summed E-state index contributed by atoms with van der Waals surface area (Å²) in [4.78, 5) is 6.80.